The zero-order chi connectivity index (χ0) is 26.2. The quantitative estimate of drug-likeness (QED) is 0.365. The van der Waals surface area contributed by atoms with E-state index in [0.717, 1.165) is 11.6 Å². The number of nitrogens with one attached hydrogen (secondary N) is 2. The number of H-pyrrole nitrogens is 1. The minimum absolute atomic E-state index is 0.0855. The number of ether oxygens (including phenoxy) is 1. The number of halogens is 1. The van der Waals surface area contributed by atoms with Crippen molar-refractivity contribution in [3.63, 3.8) is 0 Å². The number of nitrogens with two attached hydrogens (primary N) is 1. The molecule has 0 fully saturated rings. The molecule has 0 aliphatic carbocycles. The summed E-state index contributed by atoms with van der Waals surface area (Å²) in [6, 6.07) is 12.6. The van der Waals surface area contributed by atoms with Crippen LogP contribution < -0.4 is 27.2 Å². The molecule has 1 heterocycles. The van der Waals surface area contributed by atoms with Crippen LogP contribution >= 0.6 is 0 Å². The number of anilines is 3. The van der Waals surface area contributed by atoms with Crippen LogP contribution in [-0.2, 0) is 16.1 Å². The van der Waals surface area contributed by atoms with Crippen LogP contribution in [0.2, 0.25) is 0 Å². The van der Waals surface area contributed by atoms with Crippen molar-refractivity contribution in [1.82, 2.24) is 9.55 Å². The second-order valence-electron chi connectivity index (χ2n) is 8.00. The molecule has 0 spiro atoms. The predicted octanol–water partition coefficient (Wildman–Crippen LogP) is 2.34. The van der Waals surface area contributed by atoms with Gasteiger partial charge in [0.15, 0.2) is 5.69 Å². The Morgan fingerprint density at radius 1 is 1.17 bits per heavy atom. The summed E-state index contributed by atoms with van der Waals surface area (Å²) >= 11 is 0. The third kappa shape index (κ3) is 5.98. The molecule has 0 unspecified atom stereocenters. The summed E-state index contributed by atoms with van der Waals surface area (Å²) in [6.07, 6.45) is 1.27. The van der Waals surface area contributed by atoms with E-state index in [1.807, 2.05) is 13.0 Å². The van der Waals surface area contributed by atoms with E-state index < -0.39 is 35.5 Å². The van der Waals surface area contributed by atoms with Crippen LogP contribution in [0, 0.1) is 5.82 Å². The molecule has 0 saturated heterocycles. The molecule has 0 aliphatic rings. The Labute approximate surface area is 206 Å². The van der Waals surface area contributed by atoms with Crippen molar-refractivity contribution in [2.45, 2.75) is 26.3 Å². The highest BCUT2D eigenvalue weighted by molar-refractivity contribution is 5.98. The van der Waals surface area contributed by atoms with E-state index in [-0.39, 0.29) is 35.8 Å². The number of hydrogen-bond donors (Lipinski definition) is 3. The number of unbranched alkanes of at least 4 members (excludes halogenated alkanes) is 1. The van der Waals surface area contributed by atoms with Gasteiger partial charge in [0.25, 0.3) is 5.56 Å². The van der Waals surface area contributed by atoms with E-state index >= 15 is 0 Å². The van der Waals surface area contributed by atoms with Gasteiger partial charge in [-0.05, 0) is 30.2 Å². The highest BCUT2D eigenvalue weighted by Gasteiger charge is 2.24. The van der Waals surface area contributed by atoms with Crippen LogP contribution in [0.25, 0.3) is 0 Å². The maximum Gasteiger partial charge on any atom is 0.337 e. The van der Waals surface area contributed by atoms with E-state index in [0.29, 0.717) is 12.8 Å². The maximum absolute atomic E-state index is 14.3. The van der Waals surface area contributed by atoms with Gasteiger partial charge in [-0.3, -0.25) is 19.1 Å². The number of nitrogens with zero attached hydrogens (tertiary/aromatic N) is 2. The van der Waals surface area contributed by atoms with Gasteiger partial charge in [-0.25, -0.2) is 14.0 Å². The first-order valence-corrected chi connectivity index (χ1v) is 11.3. The third-order valence-corrected chi connectivity index (χ3v) is 5.52. The first-order chi connectivity index (χ1) is 17.3. The Morgan fingerprint density at radius 2 is 1.89 bits per heavy atom. The second kappa shape index (κ2) is 11.8. The van der Waals surface area contributed by atoms with Gasteiger partial charge in [0, 0.05) is 6.54 Å². The molecular formula is C25H28FN5O5. The normalized spacial score (nSPS) is 10.6. The van der Waals surface area contributed by atoms with Crippen molar-refractivity contribution < 1.29 is 18.7 Å². The Morgan fingerprint density at radius 3 is 2.56 bits per heavy atom. The minimum Gasteiger partial charge on any atom is -0.465 e. The number of aromatic amines is 1. The standard InChI is InChI=1S/C25H28FN5O5/c1-3-4-12-30(20(32)14-28-19-13-17(24(34)36-2)10-11-18(19)26)21-22(27)31(25(35)29-23(21)33)15-16-8-6-5-7-9-16/h5-11,13,28H,3-4,12,14-15,27H2,1-2H3,(H,29,33,35). The first kappa shape index (κ1) is 26.2. The van der Waals surface area contributed by atoms with E-state index in [9.17, 15) is 23.6 Å². The Kier molecular flexibility index (Phi) is 8.61. The smallest absolute Gasteiger partial charge is 0.337 e. The number of amides is 1. The number of aromatic nitrogens is 2. The lowest BCUT2D eigenvalue weighted by atomic mass is 10.2. The molecule has 0 atom stereocenters. The molecule has 0 radical (unpaired) electrons. The lowest BCUT2D eigenvalue weighted by molar-refractivity contribution is -0.117. The number of carbonyl (C=O) groups is 2. The van der Waals surface area contributed by atoms with Crippen molar-refractivity contribution in [2.75, 3.05) is 36.1 Å². The summed E-state index contributed by atoms with van der Waals surface area (Å²) in [5, 5.41) is 2.67. The summed E-state index contributed by atoms with van der Waals surface area (Å²) < 4.78 is 20.1. The average Bonchev–Trinajstić information content (AvgIpc) is 2.87. The molecule has 0 aliphatic heterocycles. The van der Waals surface area contributed by atoms with Gasteiger partial charge in [0.1, 0.15) is 11.6 Å². The van der Waals surface area contributed by atoms with E-state index in [4.69, 9.17) is 5.73 Å². The summed E-state index contributed by atoms with van der Waals surface area (Å²) in [7, 11) is 1.20. The molecule has 0 bridgehead atoms. The van der Waals surface area contributed by atoms with Crippen molar-refractivity contribution in [3.8, 4) is 0 Å². The van der Waals surface area contributed by atoms with Crippen LogP contribution in [0.5, 0.6) is 0 Å². The predicted molar refractivity (Wildman–Crippen MR) is 135 cm³/mol. The van der Waals surface area contributed by atoms with E-state index in [1.165, 1.54) is 28.7 Å². The van der Waals surface area contributed by atoms with Crippen molar-refractivity contribution in [2.24, 2.45) is 0 Å². The van der Waals surface area contributed by atoms with Gasteiger partial charge in [-0.2, -0.15) is 0 Å². The van der Waals surface area contributed by atoms with Crippen molar-refractivity contribution in [3.05, 3.63) is 86.3 Å². The summed E-state index contributed by atoms with van der Waals surface area (Å²) in [5.41, 5.74) is 5.39. The Balaban J connectivity index is 1.93. The Hall–Kier alpha value is -4.41. The Bertz CT molecular complexity index is 1350. The molecule has 11 heteroatoms. The van der Waals surface area contributed by atoms with Crippen molar-refractivity contribution in [1.29, 1.82) is 0 Å². The number of nitrogen functional groups attached to an aromatic ring is 1. The number of methoxy groups -OCH3 is 1. The first-order valence-electron chi connectivity index (χ1n) is 11.3. The lowest BCUT2D eigenvalue weighted by Gasteiger charge is -2.25. The molecule has 4 N–H and O–H groups in total. The fourth-order valence-corrected chi connectivity index (χ4v) is 3.61. The highest BCUT2D eigenvalue weighted by atomic mass is 19.1. The maximum atomic E-state index is 14.3. The highest BCUT2D eigenvalue weighted by Crippen LogP contribution is 2.20. The van der Waals surface area contributed by atoms with Gasteiger partial charge in [0.2, 0.25) is 5.91 Å². The minimum atomic E-state index is -0.801. The van der Waals surface area contributed by atoms with E-state index in [1.54, 1.807) is 24.3 Å². The summed E-state index contributed by atoms with van der Waals surface area (Å²) in [6.45, 7) is 1.76. The fourth-order valence-electron chi connectivity index (χ4n) is 3.61. The van der Waals surface area contributed by atoms with Crippen LogP contribution in [0.15, 0.2) is 58.1 Å². The molecule has 0 saturated carbocycles. The second-order valence-corrected chi connectivity index (χ2v) is 8.00. The molecule has 190 valence electrons. The van der Waals surface area contributed by atoms with Gasteiger partial charge in [0.05, 0.1) is 31.5 Å². The molecule has 1 amide bonds. The molecular weight excluding hydrogens is 469 g/mol. The monoisotopic (exact) mass is 497 g/mol. The van der Waals surface area contributed by atoms with Crippen LogP contribution in [-0.4, -0.2) is 41.6 Å². The molecule has 36 heavy (non-hydrogen) atoms. The number of carbonyl (C=O) groups excluding carboxylic acids is 2. The van der Waals surface area contributed by atoms with Crippen molar-refractivity contribution >= 4 is 29.1 Å². The van der Waals surface area contributed by atoms with Gasteiger partial charge in [-0.15, -0.1) is 0 Å². The number of rotatable bonds is 10. The zero-order valence-corrected chi connectivity index (χ0v) is 20.0. The lowest BCUT2D eigenvalue weighted by Crippen LogP contribution is -2.43. The van der Waals surface area contributed by atoms with Crippen LogP contribution in [0.3, 0.4) is 0 Å². The number of esters is 1. The molecule has 3 rings (SSSR count). The molecule has 1 aromatic heterocycles. The van der Waals surface area contributed by atoms with Gasteiger partial charge < -0.3 is 20.7 Å². The van der Waals surface area contributed by atoms with Gasteiger partial charge >= 0.3 is 11.7 Å². The molecule has 3 aromatic rings. The van der Waals surface area contributed by atoms with E-state index in [2.05, 4.69) is 15.0 Å². The summed E-state index contributed by atoms with van der Waals surface area (Å²) in [5.74, 6) is -2.07. The topological polar surface area (TPSA) is 140 Å². The van der Waals surface area contributed by atoms with Gasteiger partial charge in [-0.1, -0.05) is 43.7 Å². The third-order valence-electron chi connectivity index (χ3n) is 5.52. The SMILES string of the molecule is CCCCN(C(=O)CNc1cc(C(=O)OC)ccc1F)c1c(N)n(Cc2ccccc2)c(=O)[nH]c1=O. The number of benzene rings is 2. The molecule has 10 nitrogen and oxygen atoms in total. The summed E-state index contributed by atoms with van der Waals surface area (Å²) in [4.78, 5) is 53.7. The van der Waals surface area contributed by atoms with Crippen LogP contribution in [0.1, 0.15) is 35.7 Å². The fraction of sp³-hybridized carbons (Fsp3) is 0.280. The molecule has 2 aromatic carbocycles. The number of hydrogen-bond acceptors (Lipinski definition) is 7. The zero-order valence-electron chi connectivity index (χ0n) is 20.0. The average molecular weight is 498 g/mol. The largest absolute Gasteiger partial charge is 0.465 e. The van der Waals surface area contributed by atoms with Crippen LogP contribution in [0.4, 0.5) is 21.6 Å².